The summed E-state index contributed by atoms with van der Waals surface area (Å²) in [6.45, 7) is 1.52. The Morgan fingerprint density at radius 1 is 0.974 bits per heavy atom. The number of rotatable bonds is 7. The number of aromatic carboxylic acids is 1. The highest BCUT2D eigenvalue weighted by Crippen LogP contribution is 2.41. The largest absolute Gasteiger partial charge is 0.507 e. The standard InChI is InChI=1S/C26H19F3N4O5/c1-2-22(35)32-20-11-21(34)17(10-15(20)14-5-3-4-6-18(14)26(27,28)29)23(31)24(36)33-19-8-7-13(12-30)9-16(19)25(37)38/h3-11,31,34H,2H2,1H3,(H,32,35)(H,33,36)(H,37,38). The topological polar surface area (TPSA) is 163 Å². The van der Waals surface area contributed by atoms with Gasteiger partial charge >= 0.3 is 12.1 Å². The smallest absolute Gasteiger partial charge is 0.417 e. The number of anilines is 2. The van der Waals surface area contributed by atoms with Crippen molar-refractivity contribution in [3.8, 4) is 22.9 Å². The SMILES string of the molecule is CCC(=O)Nc1cc(O)c(C(=N)C(=O)Nc2ccc(C#N)cc2C(=O)O)cc1-c1ccccc1C(F)(F)F. The zero-order valence-corrected chi connectivity index (χ0v) is 19.6. The quantitative estimate of drug-likeness (QED) is 0.273. The molecule has 0 bridgehead atoms. The Hall–Kier alpha value is -5.18. The van der Waals surface area contributed by atoms with Crippen molar-refractivity contribution in [2.24, 2.45) is 0 Å². The van der Waals surface area contributed by atoms with Crippen molar-refractivity contribution in [2.45, 2.75) is 19.5 Å². The predicted molar refractivity (Wildman–Crippen MR) is 131 cm³/mol. The molecule has 194 valence electrons. The minimum Gasteiger partial charge on any atom is -0.507 e. The molecule has 3 rings (SSSR count). The second kappa shape index (κ2) is 10.8. The number of hydrogen-bond donors (Lipinski definition) is 5. The number of nitriles is 1. The second-order valence-electron chi connectivity index (χ2n) is 7.87. The second-order valence-corrected chi connectivity index (χ2v) is 7.87. The molecule has 0 spiro atoms. The van der Waals surface area contributed by atoms with Crippen LogP contribution < -0.4 is 10.6 Å². The number of nitrogens with one attached hydrogen (secondary N) is 3. The van der Waals surface area contributed by atoms with Gasteiger partial charge in [0.25, 0.3) is 5.91 Å². The Kier molecular flexibility index (Phi) is 7.81. The summed E-state index contributed by atoms with van der Waals surface area (Å²) in [5, 5.41) is 41.8. The van der Waals surface area contributed by atoms with E-state index < -0.39 is 52.1 Å². The third-order valence-corrected chi connectivity index (χ3v) is 5.38. The average molecular weight is 524 g/mol. The van der Waals surface area contributed by atoms with Crippen molar-refractivity contribution in [3.63, 3.8) is 0 Å². The van der Waals surface area contributed by atoms with Gasteiger partial charge in [-0.15, -0.1) is 0 Å². The molecule has 5 N–H and O–H groups in total. The zero-order valence-electron chi connectivity index (χ0n) is 19.6. The number of phenolic OH excluding ortho intramolecular Hbond substituents is 1. The molecule has 0 radical (unpaired) electrons. The maximum Gasteiger partial charge on any atom is 0.417 e. The summed E-state index contributed by atoms with van der Waals surface area (Å²) in [7, 11) is 0. The molecule has 0 aliphatic carbocycles. The van der Waals surface area contributed by atoms with Crippen LogP contribution in [0.5, 0.6) is 5.75 Å². The third kappa shape index (κ3) is 5.79. The van der Waals surface area contributed by atoms with Crippen LogP contribution in [0.1, 0.15) is 40.4 Å². The molecule has 2 amide bonds. The molecule has 0 aromatic heterocycles. The zero-order chi connectivity index (χ0) is 28.2. The fraction of sp³-hybridized carbons (Fsp3) is 0.115. The molecule has 0 atom stereocenters. The van der Waals surface area contributed by atoms with E-state index in [1.54, 1.807) is 6.07 Å². The van der Waals surface area contributed by atoms with Gasteiger partial charge in [-0.1, -0.05) is 25.1 Å². The van der Waals surface area contributed by atoms with Gasteiger partial charge in [-0.3, -0.25) is 15.0 Å². The molecule has 0 aliphatic rings. The molecular formula is C26H19F3N4O5. The molecule has 12 heteroatoms. The van der Waals surface area contributed by atoms with Gasteiger partial charge in [0.05, 0.1) is 34.1 Å². The maximum absolute atomic E-state index is 13.7. The third-order valence-electron chi connectivity index (χ3n) is 5.38. The molecule has 0 saturated carbocycles. The van der Waals surface area contributed by atoms with E-state index in [2.05, 4.69) is 10.6 Å². The highest BCUT2D eigenvalue weighted by molar-refractivity contribution is 6.48. The first-order valence-electron chi connectivity index (χ1n) is 10.9. The van der Waals surface area contributed by atoms with E-state index in [1.807, 2.05) is 0 Å². The number of carboxylic acids is 1. The van der Waals surface area contributed by atoms with Gasteiger partial charge in [0.1, 0.15) is 11.5 Å². The van der Waals surface area contributed by atoms with Crippen LogP contribution in [0.4, 0.5) is 24.5 Å². The fourth-order valence-corrected chi connectivity index (χ4v) is 3.53. The number of halogens is 3. The van der Waals surface area contributed by atoms with Crippen molar-refractivity contribution in [1.29, 1.82) is 10.7 Å². The number of carbonyl (C=O) groups is 3. The number of carboxylic acid groups (broad SMARTS) is 1. The lowest BCUT2D eigenvalue weighted by Crippen LogP contribution is -2.24. The van der Waals surface area contributed by atoms with Crippen molar-refractivity contribution in [1.82, 2.24) is 0 Å². The summed E-state index contributed by atoms with van der Waals surface area (Å²) in [6, 6.07) is 11.5. The Labute approximate surface area is 213 Å². The highest BCUT2D eigenvalue weighted by Gasteiger charge is 2.34. The lowest BCUT2D eigenvalue weighted by molar-refractivity contribution is -0.137. The first-order chi connectivity index (χ1) is 17.9. The molecule has 0 unspecified atom stereocenters. The number of alkyl halides is 3. The van der Waals surface area contributed by atoms with E-state index in [-0.39, 0.29) is 34.5 Å². The van der Waals surface area contributed by atoms with Crippen LogP contribution in [0.15, 0.2) is 54.6 Å². The van der Waals surface area contributed by atoms with Crippen LogP contribution in [0.25, 0.3) is 11.1 Å². The van der Waals surface area contributed by atoms with E-state index in [0.717, 1.165) is 36.4 Å². The Bertz CT molecular complexity index is 1510. The number of amides is 2. The Balaban J connectivity index is 2.11. The summed E-state index contributed by atoms with van der Waals surface area (Å²) >= 11 is 0. The van der Waals surface area contributed by atoms with Gasteiger partial charge in [-0.25, -0.2) is 4.79 Å². The summed E-state index contributed by atoms with van der Waals surface area (Å²) in [4.78, 5) is 36.4. The number of nitrogens with zero attached hydrogens (tertiary/aromatic N) is 1. The normalized spacial score (nSPS) is 10.8. The monoisotopic (exact) mass is 524 g/mol. The van der Waals surface area contributed by atoms with Crippen LogP contribution in [0, 0.1) is 16.7 Å². The van der Waals surface area contributed by atoms with E-state index in [0.29, 0.717) is 0 Å². The van der Waals surface area contributed by atoms with Crippen molar-refractivity contribution in [3.05, 3.63) is 76.9 Å². The summed E-state index contributed by atoms with van der Waals surface area (Å²) in [5.74, 6) is -3.90. The van der Waals surface area contributed by atoms with Crippen LogP contribution in [0.3, 0.4) is 0 Å². The number of benzene rings is 3. The van der Waals surface area contributed by atoms with Gasteiger partial charge < -0.3 is 20.8 Å². The molecule has 3 aromatic rings. The first-order valence-corrected chi connectivity index (χ1v) is 10.9. The first kappa shape index (κ1) is 27.4. The van der Waals surface area contributed by atoms with E-state index in [9.17, 15) is 37.8 Å². The average Bonchev–Trinajstić information content (AvgIpc) is 2.87. The highest BCUT2D eigenvalue weighted by atomic mass is 19.4. The minimum absolute atomic E-state index is 0.00538. The van der Waals surface area contributed by atoms with Gasteiger partial charge in [-0.2, -0.15) is 18.4 Å². The molecule has 9 nitrogen and oxygen atoms in total. The van der Waals surface area contributed by atoms with Gasteiger partial charge in [0.2, 0.25) is 5.91 Å². The van der Waals surface area contributed by atoms with Crippen molar-refractivity contribution >= 4 is 34.9 Å². The molecule has 38 heavy (non-hydrogen) atoms. The predicted octanol–water partition coefficient (Wildman–Crippen LogP) is 5.00. The van der Waals surface area contributed by atoms with Crippen molar-refractivity contribution in [2.75, 3.05) is 10.6 Å². The van der Waals surface area contributed by atoms with Crippen LogP contribution >= 0.6 is 0 Å². The number of phenols is 1. The van der Waals surface area contributed by atoms with Gasteiger partial charge in [0, 0.05) is 23.6 Å². The number of hydrogen-bond acceptors (Lipinski definition) is 6. The van der Waals surface area contributed by atoms with Crippen LogP contribution in [0.2, 0.25) is 0 Å². The molecular weight excluding hydrogens is 505 g/mol. The van der Waals surface area contributed by atoms with Crippen LogP contribution in [-0.4, -0.2) is 33.7 Å². The van der Waals surface area contributed by atoms with Crippen LogP contribution in [-0.2, 0) is 15.8 Å². The van der Waals surface area contributed by atoms with Gasteiger partial charge in [-0.05, 0) is 35.9 Å². The molecule has 0 heterocycles. The lowest BCUT2D eigenvalue weighted by atomic mass is 9.94. The fourth-order valence-electron chi connectivity index (χ4n) is 3.53. The van der Waals surface area contributed by atoms with Crippen molar-refractivity contribution < 1.29 is 37.8 Å². The molecule has 3 aromatic carbocycles. The lowest BCUT2D eigenvalue weighted by Gasteiger charge is -2.18. The number of carbonyl (C=O) groups excluding carboxylic acids is 2. The molecule has 0 saturated heterocycles. The molecule has 0 fully saturated rings. The summed E-state index contributed by atoms with van der Waals surface area (Å²) < 4.78 is 41.2. The number of aromatic hydroxyl groups is 1. The van der Waals surface area contributed by atoms with E-state index in [1.165, 1.54) is 25.1 Å². The van der Waals surface area contributed by atoms with E-state index in [4.69, 9.17) is 10.7 Å². The summed E-state index contributed by atoms with van der Waals surface area (Å²) in [5.41, 5.74) is -3.88. The Morgan fingerprint density at radius 3 is 2.26 bits per heavy atom. The van der Waals surface area contributed by atoms with Gasteiger partial charge in [0.15, 0.2) is 0 Å². The van der Waals surface area contributed by atoms with E-state index >= 15 is 0 Å². The minimum atomic E-state index is -4.78. The maximum atomic E-state index is 13.7. The Morgan fingerprint density at radius 2 is 1.66 bits per heavy atom. The summed E-state index contributed by atoms with van der Waals surface area (Å²) in [6.07, 6.45) is -4.80. The molecule has 0 aliphatic heterocycles.